The number of ether oxygens (including phenoxy) is 1. The smallest absolute Gasteiger partial charge is 0.276 e. The Kier molecular flexibility index (Phi) is 8.41. The Balaban J connectivity index is 1.81. The van der Waals surface area contributed by atoms with E-state index >= 15 is 0 Å². The lowest BCUT2D eigenvalue weighted by Crippen LogP contribution is -2.43. The molecule has 0 radical (unpaired) electrons. The summed E-state index contributed by atoms with van der Waals surface area (Å²) in [7, 11) is 1.75. The van der Waals surface area contributed by atoms with Crippen molar-refractivity contribution in [1.29, 1.82) is 0 Å². The first-order chi connectivity index (χ1) is 13.3. The maximum atomic E-state index is 12.6. The van der Waals surface area contributed by atoms with E-state index in [1.165, 1.54) is 12.8 Å². The van der Waals surface area contributed by atoms with Crippen LogP contribution in [0.4, 0.5) is 0 Å². The van der Waals surface area contributed by atoms with Crippen molar-refractivity contribution >= 4 is 11.8 Å². The maximum absolute atomic E-state index is 12.6. The van der Waals surface area contributed by atoms with E-state index in [2.05, 4.69) is 15.6 Å². The SMILES string of the molecule is CCOC(C(=O)NCCC(C)N(C)C(=O)c1cn(C(C)C)nn1)C1CCCC1. The third-order valence-electron chi connectivity index (χ3n) is 5.53. The highest BCUT2D eigenvalue weighted by atomic mass is 16.5. The number of nitrogens with one attached hydrogen (secondary N) is 1. The van der Waals surface area contributed by atoms with Gasteiger partial charge >= 0.3 is 0 Å². The Morgan fingerprint density at radius 2 is 2.00 bits per heavy atom. The van der Waals surface area contributed by atoms with Gasteiger partial charge in [-0.15, -0.1) is 5.10 Å². The van der Waals surface area contributed by atoms with Crippen molar-refractivity contribution in [2.45, 2.75) is 78.0 Å². The van der Waals surface area contributed by atoms with E-state index in [0.29, 0.717) is 31.2 Å². The molecular formula is C20H35N5O3. The van der Waals surface area contributed by atoms with Crippen molar-refractivity contribution in [1.82, 2.24) is 25.2 Å². The van der Waals surface area contributed by atoms with E-state index < -0.39 is 0 Å². The summed E-state index contributed by atoms with van der Waals surface area (Å²) in [6, 6.07) is 0.124. The topological polar surface area (TPSA) is 89.4 Å². The number of carbonyl (C=O) groups excluding carboxylic acids is 2. The summed E-state index contributed by atoms with van der Waals surface area (Å²) >= 11 is 0. The van der Waals surface area contributed by atoms with Crippen LogP contribution < -0.4 is 5.32 Å². The van der Waals surface area contributed by atoms with E-state index in [4.69, 9.17) is 4.74 Å². The molecule has 1 aromatic rings. The molecule has 1 saturated carbocycles. The first kappa shape index (κ1) is 22.3. The number of hydrogen-bond acceptors (Lipinski definition) is 5. The molecule has 1 aliphatic rings. The monoisotopic (exact) mass is 393 g/mol. The zero-order valence-corrected chi connectivity index (χ0v) is 17.9. The molecule has 1 aromatic heterocycles. The molecule has 0 saturated heterocycles. The zero-order valence-electron chi connectivity index (χ0n) is 17.9. The molecular weight excluding hydrogens is 358 g/mol. The highest BCUT2D eigenvalue weighted by molar-refractivity contribution is 5.91. The Hall–Kier alpha value is -1.96. The van der Waals surface area contributed by atoms with Gasteiger partial charge in [-0.3, -0.25) is 9.59 Å². The number of hydrogen-bond donors (Lipinski definition) is 1. The maximum Gasteiger partial charge on any atom is 0.276 e. The summed E-state index contributed by atoms with van der Waals surface area (Å²) in [4.78, 5) is 26.8. The quantitative estimate of drug-likeness (QED) is 0.659. The van der Waals surface area contributed by atoms with Gasteiger partial charge in [0.25, 0.3) is 5.91 Å². The number of carbonyl (C=O) groups is 2. The normalized spacial score (nSPS) is 16.9. The lowest BCUT2D eigenvalue weighted by Gasteiger charge is -2.25. The van der Waals surface area contributed by atoms with Gasteiger partial charge in [-0.1, -0.05) is 18.1 Å². The number of aromatic nitrogens is 3. The van der Waals surface area contributed by atoms with Crippen LogP contribution in [0.2, 0.25) is 0 Å². The molecule has 8 nitrogen and oxygen atoms in total. The highest BCUT2D eigenvalue weighted by Gasteiger charge is 2.31. The van der Waals surface area contributed by atoms with Crippen LogP contribution >= 0.6 is 0 Å². The fourth-order valence-electron chi connectivity index (χ4n) is 3.57. The van der Waals surface area contributed by atoms with Gasteiger partial charge in [0.1, 0.15) is 6.10 Å². The molecule has 1 heterocycles. The zero-order chi connectivity index (χ0) is 20.7. The second kappa shape index (κ2) is 10.5. The molecule has 0 aromatic carbocycles. The van der Waals surface area contributed by atoms with Gasteiger partial charge < -0.3 is 15.0 Å². The Labute approximate surface area is 168 Å². The predicted molar refractivity (Wildman–Crippen MR) is 107 cm³/mol. The van der Waals surface area contributed by atoms with Gasteiger partial charge in [-0.2, -0.15) is 0 Å². The molecule has 2 unspecified atom stereocenters. The van der Waals surface area contributed by atoms with Crippen molar-refractivity contribution in [2.24, 2.45) is 5.92 Å². The molecule has 0 aliphatic heterocycles. The average Bonchev–Trinajstić information content (AvgIpc) is 3.36. The summed E-state index contributed by atoms with van der Waals surface area (Å²) in [5, 5.41) is 11.0. The van der Waals surface area contributed by atoms with Crippen LogP contribution in [0.3, 0.4) is 0 Å². The number of amides is 2. The molecule has 1 fully saturated rings. The molecule has 8 heteroatoms. The van der Waals surface area contributed by atoms with Gasteiger partial charge in [0.2, 0.25) is 5.91 Å². The minimum atomic E-state index is -0.353. The van der Waals surface area contributed by atoms with Gasteiger partial charge in [-0.25, -0.2) is 4.68 Å². The van der Waals surface area contributed by atoms with Crippen LogP contribution in [-0.4, -0.2) is 64.1 Å². The molecule has 1 aliphatic carbocycles. The van der Waals surface area contributed by atoms with Gasteiger partial charge in [-0.05, 0) is 52.9 Å². The van der Waals surface area contributed by atoms with E-state index in [0.717, 1.165) is 12.8 Å². The number of nitrogens with zero attached hydrogens (tertiary/aromatic N) is 4. The predicted octanol–water partition coefficient (Wildman–Crippen LogP) is 2.42. The molecule has 1 N–H and O–H groups in total. The fraction of sp³-hybridized carbons (Fsp3) is 0.800. The van der Waals surface area contributed by atoms with Gasteiger partial charge in [0.15, 0.2) is 5.69 Å². The van der Waals surface area contributed by atoms with E-state index in [-0.39, 0.29) is 30.0 Å². The Morgan fingerprint density at radius 1 is 1.32 bits per heavy atom. The van der Waals surface area contributed by atoms with Crippen LogP contribution in [0, 0.1) is 5.92 Å². The van der Waals surface area contributed by atoms with Crippen LogP contribution in [0.15, 0.2) is 6.20 Å². The van der Waals surface area contributed by atoms with Crippen molar-refractivity contribution in [3.05, 3.63) is 11.9 Å². The highest BCUT2D eigenvalue weighted by Crippen LogP contribution is 2.29. The van der Waals surface area contributed by atoms with Crippen molar-refractivity contribution in [2.75, 3.05) is 20.2 Å². The Morgan fingerprint density at radius 3 is 2.57 bits per heavy atom. The minimum absolute atomic E-state index is 0.0326. The van der Waals surface area contributed by atoms with Crippen molar-refractivity contribution in [3.63, 3.8) is 0 Å². The summed E-state index contributed by atoms with van der Waals surface area (Å²) in [5.41, 5.74) is 0.338. The van der Waals surface area contributed by atoms with Crippen LogP contribution in [-0.2, 0) is 9.53 Å². The van der Waals surface area contributed by atoms with Crippen LogP contribution in [0.5, 0.6) is 0 Å². The molecule has 158 valence electrons. The largest absolute Gasteiger partial charge is 0.368 e. The van der Waals surface area contributed by atoms with E-state index in [1.54, 1.807) is 22.8 Å². The van der Waals surface area contributed by atoms with Crippen molar-refractivity contribution < 1.29 is 14.3 Å². The first-order valence-electron chi connectivity index (χ1n) is 10.4. The van der Waals surface area contributed by atoms with Crippen LogP contribution in [0.25, 0.3) is 0 Å². The molecule has 2 rings (SSSR count). The summed E-state index contributed by atoms with van der Waals surface area (Å²) in [6.07, 6.45) is 6.45. The lowest BCUT2D eigenvalue weighted by molar-refractivity contribution is -0.136. The molecule has 2 amide bonds. The second-order valence-electron chi connectivity index (χ2n) is 7.94. The first-order valence-corrected chi connectivity index (χ1v) is 10.4. The standard InChI is InChI=1S/C20H35N5O3/c1-6-28-18(16-9-7-8-10-16)19(26)21-12-11-15(4)24(5)20(27)17-13-25(14(2)3)23-22-17/h13-16,18H,6-12H2,1-5H3,(H,21,26). The molecule has 0 spiro atoms. The summed E-state index contributed by atoms with van der Waals surface area (Å²) in [6.45, 7) is 8.91. The molecule has 28 heavy (non-hydrogen) atoms. The lowest BCUT2D eigenvalue weighted by atomic mass is 10.00. The van der Waals surface area contributed by atoms with E-state index in [1.807, 2.05) is 27.7 Å². The Bertz CT molecular complexity index is 640. The second-order valence-corrected chi connectivity index (χ2v) is 7.94. The third kappa shape index (κ3) is 5.77. The van der Waals surface area contributed by atoms with Crippen LogP contribution in [0.1, 0.15) is 76.3 Å². The fourth-order valence-corrected chi connectivity index (χ4v) is 3.57. The molecule has 2 atom stereocenters. The third-order valence-corrected chi connectivity index (χ3v) is 5.53. The van der Waals surface area contributed by atoms with Gasteiger partial charge in [0.05, 0.1) is 6.20 Å². The average molecular weight is 394 g/mol. The van der Waals surface area contributed by atoms with Gasteiger partial charge in [0, 0.05) is 32.3 Å². The molecule has 0 bridgehead atoms. The van der Waals surface area contributed by atoms with Crippen molar-refractivity contribution in [3.8, 4) is 0 Å². The summed E-state index contributed by atoms with van der Waals surface area (Å²) in [5.74, 6) is 0.129. The summed E-state index contributed by atoms with van der Waals surface area (Å²) < 4.78 is 7.39. The number of rotatable bonds is 10. The van der Waals surface area contributed by atoms with E-state index in [9.17, 15) is 9.59 Å². The minimum Gasteiger partial charge on any atom is -0.368 e.